The van der Waals surface area contributed by atoms with Crippen LogP contribution in [-0.2, 0) is 0 Å². The van der Waals surface area contributed by atoms with Gasteiger partial charge in [0.05, 0.1) is 0 Å². The van der Waals surface area contributed by atoms with E-state index in [0.717, 1.165) is 12.5 Å². The van der Waals surface area contributed by atoms with E-state index in [1.165, 1.54) is 31.2 Å². The van der Waals surface area contributed by atoms with Gasteiger partial charge in [0.15, 0.2) is 0 Å². The van der Waals surface area contributed by atoms with Crippen molar-refractivity contribution in [3.8, 4) is 0 Å². The Kier molecular flexibility index (Phi) is 5.35. The lowest BCUT2D eigenvalue weighted by Crippen LogP contribution is -2.44. The average molecular weight is 277 g/mol. The Morgan fingerprint density at radius 3 is 2.37 bits per heavy atom. The third kappa shape index (κ3) is 4.00. The molecule has 0 aliphatic heterocycles. The Hall–Kier alpha value is -0.470. The van der Waals surface area contributed by atoms with E-state index < -0.39 is 0 Å². The Bertz CT molecular complexity index is 365. The Balaban J connectivity index is 1.98. The van der Waals surface area contributed by atoms with Crippen LogP contribution in [0.2, 0.25) is 0 Å². The molecule has 2 heteroatoms. The summed E-state index contributed by atoms with van der Waals surface area (Å²) in [5.74, 6) is 0.726. The summed E-state index contributed by atoms with van der Waals surface area (Å²) in [6, 6.07) is 11.4. The summed E-state index contributed by atoms with van der Waals surface area (Å²) in [5.41, 5.74) is 1.44. The number of hydrogen-bond donors (Lipinski definition) is 1. The van der Waals surface area contributed by atoms with E-state index in [1.54, 1.807) is 0 Å². The zero-order valence-corrected chi connectivity index (χ0v) is 13.3. The normalized spacial score (nSPS) is 19.2. The molecule has 0 spiro atoms. The van der Waals surface area contributed by atoms with Crippen LogP contribution >= 0.6 is 11.8 Å². The maximum Gasteiger partial charge on any atom is 0.0323 e. The van der Waals surface area contributed by atoms with E-state index in [0.29, 0.717) is 10.8 Å². The zero-order valence-electron chi connectivity index (χ0n) is 12.5. The van der Waals surface area contributed by atoms with Crippen LogP contribution in [-0.4, -0.2) is 17.5 Å². The van der Waals surface area contributed by atoms with E-state index in [1.807, 2.05) is 0 Å². The monoisotopic (exact) mass is 277 g/mol. The largest absolute Gasteiger partial charge is 0.309 e. The third-order valence-electron chi connectivity index (χ3n) is 4.28. The van der Waals surface area contributed by atoms with Crippen molar-refractivity contribution < 1.29 is 0 Å². The predicted octanol–water partition coefficient (Wildman–Crippen LogP) is 4.65. The molecule has 0 heterocycles. The van der Waals surface area contributed by atoms with Gasteiger partial charge < -0.3 is 5.32 Å². The quantitative estimate of drug-likeness (QED) is 0.778. The molecule has 0 radical (unpaired) electrons. The van der Waals surface area contributed by atoms with Crippen molar-refractivity contribution in [1.29, 1.82) is 0 Å². The van der Waals surface area contributed by atoms with Gasteiger partial charge >= 0.3 is 0 Å². The fraction of sp³-hybridized carbons (Fsp3) is 0.647. The maximum atomic E-state index is 3.84. The molecule has 1 aromatic rings. The molecule has 1 fully saturated rings. The number of rotatable bonds is 7. The SMILES string of the molecule is CSC1(CNC(CC(C)C)c2ccccc2)CCC1. The molecule has 1 aliphatic carbocycles. The molecule has 2 rings (SSSR count). The van der Waals surface area contributed by atoms with Gasteiger partial charge in [0.1, 0.15) is 0 Å². The van der Waals surface area contributed by atoms with E-state index in [-0.39, 0.29) is 0 Å². The highest BCUT2D eigenvalue weighted by atomic mass is 32.2. The van der Waals surface area contributed by atoms with Crippen molar-refractivity contribution in [2.24, 2.45) is 5.92 Å². The molecule has 1 aliphatic rings. The van der Waals surface area contributed by atoms with E-state index in [9.17, 15) is 0 Å². The summed E-state index contributed by atoms with van der Waals surface area (Å²) in [4.78, 5) is 0. The van der Waals surface area contributed by atoms with Gasteiger partial charge in [-0.2, -0.15) is 11.8 Å². The summed E-state index contributed by atoms with van der Waals surface area (Å²) in [7, 11) is 0. The second kappa shape index (κ2) is 6.81. The smallest absolute Gasteiger partial charge is 0.0323 e. The predicted molar refractivity (Wildman–Crippen MR) is 86.7 cm³/mol. The van der Waals surface area contributed by atoms with Crippen molar-refractivity contribution in [1.82, 2.24) is 5.32 Å². The zero-order chi connectivity index (χ0) is 13.7. The first-order chi connectivity index (χ1) is 9.15. The number of hydrogen-bond acceptors (Lipinski definition) is 2. The molecule has 19 heavy (non-hydrogen) atoms. The van der Waals surface area contributed by atoms with Crippen molar-refractivity contribution in [3.05, 3.63) is 35.9 Å². The average Bonchev–Trinajstić information content (AvgIpc) is 2.37. The number of benzene rings is 1. The van der Waals surface area contributed by atoms with Crippen molar-refractivity contribution >= 4 is 11.8 Å². The summed E-state index contributed by atoms with van der Waals surface area (Å²) in [5, 5.41) is 3.84. The molecule has 1 unspecified atom stereocenters. The lowest BCUT2D eigenvalue weighted by molar-refractivity contribution is 0.317. The Labute approximate surface area is 122 Å². The molecule has 0 amide bonds. The van der Waals surface area contributed by atoms with Gasteiger partial charge in [-0.3, -0.25) is 0 Å². The topological polar surface area (TPSA) is 12.0 Å². The van der Waals surface area contributed by atoms with Crippen molar-refractivity contribution in [2.75, 3.05) is 12.8 Å². The standard InChI is InChI=1S/C17H27NS/c1-14(2)12-16(15-8-5-4-6-9-15)18-13-17(19-3)10-7-11-17/h4-6,8-9,14,16,18H,7,10-13H2,1-3H3. The highest BCUT2D eigenvalue weighted by Crippen LogP contribution is 2.42. The van der Waals surface area contributed by atoms with Crippen LogP contribution in [0.15, 0.2) is 30.3 Å². The minimum absolute atomic E-state index is 0.505. The first-order valence-corrected chi connectivity index (χ1v) is 8.71. The van der Waals surface area contributed by atoms with E-state index >= 15 is 0 Å². The minimum Gasteiger partial charge on any atom is -0.309 e. The van der Waals surface area contributed by atoms with Crippen LogP contribution in [0.1, 0.15) is 51.1 Å². The summed E-state index contributed by atoms with van der Waals surface area (Å²) in [6.07, 6.45) is 7.65. The molecule has 1 nitrogen and oxygen atoms in total. The van der Waals surface area contributed by atoms with E-state index in [2.05, 4.69) is 67.5 Å². The van der Waals surface area contributed by atoms with Gasteiger partial charge in [-0.15, -0.1) is 0 Å². The second-order valence-corrected chi connectivity index (χ2v) is 7.49. The Morgan fingerprint density at radius 2 is 1.89 bits per heavy atom. The van der Waals surface area contributed by atoms with Crippen LogP contribution in [0.25, 0.3) is 0 Å². The molecular formula is C17H27NS. The van der Waals surface area contributed by atoms with Crippen LogP contribution in [0, 0.1) is 5.92 Å². The molecule has 1 saturated carbocycles. The second-order valence-electron chi connectivity index (χ2n) is 6.21. The maximum absolute atomic E-state index is 3.84. The number of nitrogens with one attached hydrogen (secondary N) is 1. The first kappa shape index (κ1) is 14.9. The third-order valence-corrected chi connectivity index (χ3v) is 5.70. The molecule has 106 valence electrons. The lowest BCUT2D eigenvalue weighted by atomic mass is 9.83. The molecule has 1 aromatic carbocycles. The molecular weight excluding hydrogens is 250 g/mol. The minimum atomic E-state index is 0.505. The van der Waals surface area contributed by atoms with Crippen molar-refractivity contribution in [2.45, 2.75) is 50.3 Å². The van der Waals surface area contributed by atoms with Gasteiger partial charge in [-0.1, -0.05) is 50.6 Å². The summed E-state index contributed by atoms with van der Waals surface area (Å²) >= 11 is 2.05. The van der Waals surface area contributed by atoms with Crippen LogP contribution in [0.5, 0.6) is 0 Å². The molecule has 1 atom stereocenters. The molecule has 0 aromatic heterocycles. The van der Waals surface area contributed by atoms with E-state index in [4.69, 9.17) is 0 Å². The highest BCUT2D eigenvalue weighted by molar-refractivity contribution is 8.00. The van der Waals surface area contributed by atoms with Crippen LogP contribution < -0.4 is 5.32 Å². The van der Waals surface area contributed by atoms with Crippen LogP contribution in [0.4, 0.5) is 0 Å². The van der Waals surface area contributed by atoms with Gasteiger partial charge in [0.25, 0.3) is 0 Å². The first-order valence-electron chi connectivity index (χ1n) is 7.49. The molecule has 0 bridgehead atoms. The van der Waals surface area contributed by atoms with Crippen LogP contribution in [0.3, 0.4) is 0 Å². The van der Waals surface area contributed by atoms with Gasteiger partial charge in [-0.25, -0.2) is 0 Å². The van der Waals surface area contributed by atoms with Crippen molar-refractivity contribution in [3.63, 3.8) is 0 Å². The lowest BCUT2D eigenvalue weighted by Gasteiger charge is -2.41. The highest BCUT2D eigenvalue weighted by Gasteiger charge is 2.36. The van der Waals surface area contributed by atoms with Gasteiger partial charge in [-0.05, 0) is 37.0 Å². The summed E-state index contributed by atoms with van der Waals surface area (Å²) in [6.45, 7) is 5.77. The van der Waals surface area contributed by atoms with Gasteiger partial charge in [0, 0.05) is 17.3 Å². The summed E-state index contributed by atoms with van der Waals surface area (Å²) < 4.78 is 0.518. The molecule has 1 N–H and O–H groups in total. The fourth-order valence-electron chi connectivity index (χ4n) is 2.83. The fourth-order valence-corrected chi connectivity index (χ4v) is 3.75. The Morgan fingerprint density at radius 1 is 1.21 bits per heavy atom. The van der Waals surface area contributed by atoms with Gasteiger partial charge in [0.2, 0.25) is 0 Å². The number of thioether (sulfide) groups is 1. The molecule has 0 saturated heterocycles.